The van der Waals surface area contributed by atoms with Crippen LogP contribution in [0, 0.1) is 11.8 Å². The standard InChI is InChI=1S/C26H32N2O5/c1-16(2)13-23(24(29)28(4)14-17(3)25(30)31)27-26(32)33-15-22-20-11-7-5-9-18(20)19-10-6-8-12-21(19)22/h5-12,16-17,22-23H,13-15H2,1-4H3,(H,27,32)(H,30,31). The normalized spacial score (nSPS) is 14.2. The van der Waals surface area contributed by atoms with Crippen LogP contribution in [-0.2, 0) is 14.3 Å². The van der Waals surface area contributed by atoms with Crippen molar-refractivity contribution >= 4 is 18.0 Å². The maximum atomic E-state index is 12.9. The molecule has 0 aromatic heterocycles. The van der Waals surface area contributed by atoms with Crippen molar-refractivity contribution in [3.05, 3.63) is 59.7 Å². The number of hydrogen-bond acceptors (Lipinski definition) is 4. The van der Waals surface area contributed by atoms with Crippen molar-refractivity contribution < 1.29 is 24.2 Å². The number of rotatable bonds is 9. The maximum absolute atomic E-state index is 12.9. The van der Waals surface area contributed by atoms with Crippen LogP contribution >= 0.6 is 0 Å². The van der Waals surface area contributed by atoms with E-state index < -0.39 is 24.0 Å². The summed E-state index contributed by atoms with van der Waals surface area (Å²) in [6.07, 6.45) is -0.231. The van der Waals surface area contributed by atoms with Gasteiger partial charge in [0.1, 0.15) is 12.6 Å². The number of nitrogens with zero attached hydrogens (tertiary/aromatic N) is 1. The molecule has 2 aromatic carbocycles. The number of benzene rings is 2. The van der Waals surface area contributed by atoms with Crippen LogP contribution in [0.5, 0.6) is 0 Å². The summed E-state index contributed by atoms with van der Waals surface area (Å²) in [6.45, 7) is 5.69. The number of amides is 2. The Kier molecular flexibility index (Phi) is 7.74. The van der Waals surface area contributed by atoms with Gasteiger partial charge in [0.25, 0.3) is 0 Å². The van der Waals surface area contributed by atoms with Crippen molar-refractivity contribution in [2.45, 2.75) is 39.2 Å². The first-order valence-corrected chi connectivity index (χ1v) is 11.3. The molecule has 0 saturated heterocycles. The number of fused-ring (bicyclic) bond motifs is 3. The van der Waals surface area contributed by atoms with Crippen molar-refractivity contribution in [3.8, 4) is 11.1 Å². The predicted octanol–water partition coefficient (Wildman–Crippen LogP) is 4.12. The second kappa shape index (κ2) is 10.5. The van der Waals surface area contributed by atoms with Gasteiger partial charge >= 0.3 is 12.1 Å². The molecule has 0 saturated carbocycles. The molecule has 0 heterocycles. The van der Waals surface area contributed by atoms with Gasteiger partial charge in [0, 0.05) is 19.5 Å². The summed E-state index contributed by atoms with van der Waals surface area (Å²) in [4.78, 5) is 38.1. The van der Waals surface area contributed by atoms with Crippen LogP contribution in [-0.4, -0.2) is 54.2 Å². The third-order valence-corrected chi connectivity index (χ3v) is 5.99. The molecule has 0 aliphatic heterocycles. The number of hydrogen-bond donors (Lipinski definition) is 2. The largest absolute Gasteiger partial charge is 0.481 e. The highest BCUT2D eigenvalue weighted by molar-refractivity contribution is 5.86. The molecule has 2 amide bonds. The fourth-order valence-corrected chi connectivity index (χ4v) is 4.32. The second-order valence-corrected chi connectivity index (χ2v) is 9.11. The third-order valence-electron chi connectivity index (χ3n) is 5.99. The van der Waals surface area contributed by atoms with Crippen molar-refractivity contribution in [2.24, 2.45) is 11.8 Å². The molecule has 176 valence electrons. The molecule has 0 spiro atoms. The highest BCUT2D eigenvalue weighted by Gasteiger charge is 2.31. The first kappa shape index (κ1) is 24.3. The van der Waals surface area contributed by atoms with Gasteiger partial charge in [0.15, 0.2) is 0 Å². The van der Waals surface area contributed by atoms with E-state index in [0.717, 1.165) is 22.3 Å². The van der Waals surface area contributed by atoms with Gasteiger partial charge in [-0.3, -0.25) is 9.59 Å². The van der Waals surface area contributed by atoms with Crippen LogP contribution < -0.4 is 5.32 Å². The first-order chi connectivity index (χ1) is 15.7. The molecule has 2 atom stereocenters. The lowest BCUT2D eigenvalue weighted by Gasteiger charge is -2.27. The van der Waals surface area contributed by atoms with E-state index in [1.807, 2.05) is 50.2 Å². The molecule has 0 bridgehead atoms. The number of nitrogens with one attached hydrogen (secondary N) is 1. The summed E-state index contributed by atoms with van der Waals surface area (Å²) in [5.74, 6) is -1.92. The molecule has 7 nitrogen and oxygen atoms in total. The molecule has 2 aromatic rings. The monoisotopic (exact) mass is 452 g/mol. The molecule has 1 aliphatic carbocycles. The molecule has 33 heavy (non-hydrogen) atoms. The fraction of sp³-hybridized carbons (Fsp3) is 0.423. The molecule has 0 radical (unpaired) electrons. The Morgan fingerprint density at radius 1 is 1.00 bits per heavy atom. The summed E-state index contributed by atoms with van der Waals surface area (Å²) in [5, 5.41) is 11.8. The zero-order valence-electron chi connectivity index (χ0n) is 19.6. The Labute approximate surface area is 194 Å². The average molecular weight is 453 g/mol. The van der Waals surface area contributed by atoms with E-state index in [4.69, 9.17) is 9.84 Å². The van der Waals surface area contributed by atoms with Crippen molar-refractivity contribution in [2.75, 3.05) is 20.2 Å². The molecule has 0 fully saturated rings. The lowest BCUT2D eigenvalue weighted by molar-refractivity contribution is -0.143. The minimum atomic E-state index is -0.973. The molecule has 3 rings (SSSR count). The van der Waals surface area contributed by atoms with E-state index in [0.29, 0.717) is 6.42 Å². The SMILES string of the molecule is CC(C)CC(NC(=O)OCC1c2ccccc2-c2ccccc21)C(=O)N(C)CC(C)C(=O)O. The minimum Gasteiger partial charge on any atom is -0.481 e. The average Bonchev–Trinajstić information content (AvgIpc) is 3.10. The van der Waals surface area contributed by atoms with E-state index in [2.05, 4.69) is 17.4 Å². The first-order valence-electron chi connectivity index (χ1n) is 11.3. The van der Waals surface area contributed by atoms with E-state index in [1.54, 1.807) is 14.0 Å². The number of likely N-dealkylation sites (N-methyl/N-ethyl adjacent to an activating group) is 1. The Morgan fingerprint density at radius 3 is 2.06 bits per heavy atom. The Balaban J connectivity index is 1.66. The Hall–Kier alpha value is -3.35. The van der Waals surface area contributed by atoms with Crippen LogP contribution in [0.1, 0.15) is 44.2 Å². The number of carbonyl (C=O) groups is 3. The minimum absolute atomic E-state index is 0.0646. The summed E-state index contributed by atoms with van der Waals surface area (Å²) in [7, 11) is 1.55. The summed E-state index contributed by atoms with van der Waals surface area (Å²) in [5.41, 5.74) is 4.51. The summed E-state index contributed by atoms with van der Waals surface area (Å²) >= 11 is 0. The van der Waals surface area contributed by atoms with Crippen LogP contribution in [0.2, 0.25) is 0 Å². The quantitative estimate of drug-likeness (QED) is 0.597. The topological polar surface area (TPSA) is 95.9 Å². The van der Waals surface area contributed by atoms with Gasteiger partial charge in [-0.25, -0.2) is 4.79 Å². The number of carboxylic acid groups (broad SMARTS) is 1. The number of carboxylic acids is 1. The number of alkyl carbamates (subject to hydrolysis) is 1. The Morgan fingerprint density at radius 2 is 1.55 bits per heavy atom. The van der Waals surface area contributed by atoms with Gasteiger partial charge < -0.3 is 20.1 Å². The lowest BCUT2D eigenvalue weighted by Crippen LogP contribution is -2.49. The Bertz CT molecular complexity index is 974. The van der Waals surface area contributed by atoms with Crippen molar-refractivity contribution in [1.29, 1.82) is 0 Å². The van der Waals surface area contributed by atoms with Gasteiger partial charge in [-0.15, -0.1) is 0 Å². The highest BCUT2D eigenvalue weighted by atomic mass is 16.5. The second-order valence-electron chi connectivity index (χ2n) is 9.11. The van der Waals surface area contributed by atoms with E-state index in [9.17, 15) is 14.4 Å². The zero-order valence-corrected chi connectivity index (χ0v) is 19.6. The predicted molar refractivity (Wildman–Crippen MR) is 126 cm³/mol. The van der Waals surface area contributed by atoms with E-state index in [-0.39, 0.29) is 30.9 Å². The number of ether oxygens (including phenoxy) is 1. The smallest absolute Gasteiger partial charge is 0.407 e. The van der Waals surface area contributed by atoms with Gasteiger partial charge in [-0.05, 0) is 34.6 Å². The number of aliphatic carboxylic acids is 1. The number of carbonyl (C=O) groups excluding carboxylic acids is 2. The molecule has 1 aliphatic rings. The summed E-state index contributed by atoms with van der Waals surface area (Å²) in [6, 6.07) is 15.4. The van der Waals surface area contributed by atoms with Gasteiger partial charge in [-0.1, -0.05) is 69.3 Å². The van der Waals surface area contributed by atoms with Crippen LogP contribution in [0.3, 0.4) is 0 Å². The van der Waals surface area contributed by atoms with Crippen LogP contribution in [0.15, 0.2) is 48.5 Å². The van der Waals surface area contributed by atoms with Gasteiger partial charge in [0.2, 0.25) is 5.91 Å². The molecule has 2 N–H and O–H groups in total. The lowest BCUT2D eigenvalue weighted by atomic mass is 9.98. The maximum Gasteiger partial charge on any atom is 0.407 e. The fourth-order valence-electron chi connectivity index (χ4n) is 4.32. The summed E-state index contributed by atoms with van der Waals surface area (Å²) < 4.78 is 5.59. The molecule has 7 heteroatoms. The molecular formula is C26H32N2O5. The van der Waals surface area contributed by atoms with Gasteiger partial charge in [-0.2, -0.15) is 0 Å². The highest BCUT2D eigenvalue weighted by Crippen LogP contribution is 2.44. The van der Waals surface area contributed by atoms with E-state index in [1.165, 1.54) is 4.90 Å². The zero-order chi connectivity index (χ0) is 24.1. The third kappa shape index (κ3) is 5.72. The van der Waals surface area contributed by atoms with Gasteiger partial charge in [0.05, 0.1) is 5.92 Å². The van der Waals surface area contributed by atoms with Crippen LogP contribution in [0.4, 0.5) is 4.79 Å². The van der Waals surface area contributed by atoms with Crippen LogP contribution in [0.25, 0.3) is 11.1 Å². The molecule has 2 unspecified atom stereocenters. The van der Waals surface area contributed by atoms with E-state index >= 15 is 0 Å². The molecular weight excluding hydrogens is 420 g/mol. The van der Waals surface area contributed by atoms with Crippen molar-refractivity contribution in [1.82, 2.24) is 10.2 Å². The van der Waals surface area contributed by atoms with Crippen molar-refractivity contribution in [3.63, 3.8) is 0 Å².